The van der Waals surface area contributed by atoms with Crippen molar-refractivity contribution in [3.8, 4) is 0 Å². The molecule has 0 radical (unpaired) electrons. The van der Waals surface area contributed by atoms with Crippen LogP contribution >= 0.6 is 0 Å². The molecule has 2 fully saturated rings. The Kier molecular flexibility index (Phi) is 9.67. The molecule has 3 aliphatic heterocycles. The number of fused-ring (bicyclic) bond motifs is 1. The summed E-state index contributed by atoms with van der Waals surface area (Å²) < 4.78 is 51.9. The summed E-state index contributed by atoms with van der Waals surface area (Å²) in [6.07, 6.45) is 4.42. The van der Waals surface area contributed by atoms with Gasteiger partial charge in [-0.15, -0.1) is 0 Å². The van der Waals surface area contributed by atoms with Gasteiger partial charge in [0.1, 0.15) is 22.9 Å². The van der Waals surface area contributed by atoms with E-state index in [1.54, 1.807) is 52.5 Å². The third-order valence-electron chi connectivity index (χ3n) is 6.52. The molecule has 1 aromatic rings. The van der Waals surface area contributed by atoms with Crippen molar-refractivity contribution in [3.63, 3.8) is 0 Å². The number of β-lactam (4-membered cyclic amide) rings is 1. The fraction of sp³-hybridized carbons (Fsp3) is 0.536. The third-order valence-corrected chi connectivity index (χ3v) is 6.52. The standard InChI is InChI=1S/C28H36N4O6.BF4/c1-27(2,3)37-25(35)22-17(16-18-13-15-31(23(18)33)20-10-8-9-14-30(20)7)11-12-19-21(24(34)32(19)22)29-26(36)38-28(4,5)6;2-1(3,4)5/h8-10,14,16,19,21H,11-13,15H2,1-7H3;/q;-1/p+1/b18-16+;/t19-,21+;/m1./s1. The minimum Gasteiger partial charge on any atom is -0.455 e. The highest BCUT2D eigenvalue weighted by atomic mass is 19.5. The number of nitrogens with one attached hydrogen (secondary N) is 1. The molecule has 1 N–H and O–H groups in total. The highest BCUT2D eigenvalue weighted by molar-refractivity contribution is 6.50. The molecule has 4 heterocycles. The molecule has 2 saturated heterocycles. The Morgan fingerprint density at radius 2 is 1.63 bits per heavy atom. The first-order chi connectivity index (χ1) is 19.7. The Morgan fingerprint density at radius 1 is 1.02 bits per heavy atom. The zero-order valence-corrected chi connectivity index (χ0v) is 25.3. The first kappa shape index (κ1) is 33.6. The maximum Gasteiger partial charge on any atom is 0.673 e. The molecule has 0 aliphatic carbocycles. The van der Waals surface area contributed by atoms with Crippen LogP contribution in [0.1, 0.15) is 60.8 Å². The molecule has 236 valence electrons. The second-order valence-electron chi connectivity index (χ2n) is 12.4. The predicted octanol–water partition coefficient (Wildman–Crippen LogP) is 3.97. The summed E-state index contributed by atoms with van der Waals surface area (Å²) in [4.78, 5) is 55.3. The van der Waals surface area contributed by atoms with Crippen molar-refractivity contribution in [1.29, 1.82) is 0 Å². The predicted molar refractivity (Wildman–Crippen MR) is 149 cm³/mol. The summed E-state index contributed by atoms with van der Waals surface area (Å²) in [6.45, 7) is 11.0. The fourth-order valence-corrected chi connectivity index (χ4v) is 4.95. The van der Waals surface area contributed by atoms with Gasteiger partial charge < -0.3 is 32.1 Å². The summed E-state index contributed by atoms with van der Waals surface area (Å²) in [7, 11) is -4.12. The number of hydrogen-bond donors (Lipinski definition) is 1. The Hall–Kier alpha value is -3.91. The summed E-state index contributed by atoms with van der Waals surface area (Å²) in [5.41, 5.74) is -0.198. The molecule has 0 spiro atoms. The molecule has 3 amide bonds. The van der Waals surface area contributed by atoms with E-state index in [0.29, 0.717) is 37.0 Å². The highest BCUT2D eigenvalue weighted by Crippen LogP contribution is 2.39. The van der Waals surface area contributed by atoms with Gasteiger partial charge in [-0.25, -0.2) is 19.0 Å². The highest BCUT2D eigenvalue weighted by Gasteiger charge is 2.54. The van der Waals surface area contributed by atoms with Gasteiger partial charge >= 0.3 is 25.2 Å². The van der Waals surface area contributed by atoms with Crippen LogP contribution in [0.3, 0.4) is 0 Å². The molecule has 0 saturated carbocycles. The number of hydrogen-bond acceptors (Lipinski definition) is 6. The number of carbonyl (C=O) groups is 4. The molecule has 0 aromatic carbocycles. The van der Waals surface area contributed by atoms with Crippen molar-refractivity contribution in [2.75, 3.05) is 11.4 Å². The SMILES string of the molecule is C[n+]1ccccc1N1CC/C(=C\C2=C(C(=O)OC(C)(C)C)N3C(=O)[C@@H](NC(=O)OC(C)(C)C)[C@H]3CC2)C1=O.F[B-](F)(F)F. The first-order valence-electron chi connectivity index (χ1n) is 13.8. The molecule has 1 aromatic heterocycles. The van der Waals surface area contributed by atoms with E-state index in [1.807, 2.05) is 36.0 Å². The van der Waals surface area contributed by atoms with Gasteiger partial charge in [0.15, 0.2) is 0 Å². The monoisotopic (exact) mass is 612 g/mol. The summed E-state index contributed by atoms with van der Waals surface area (Å²) >= 11 is 0. The number of allylic oxidation sites excluding steroid dienone is 2. The van der Waals surface area contributed by atoms with Crippen molar-refractivity contribution in [1.82, 2.24) is 10.2 Å². The summed E-state index contributed by atoms with van der Waals surface area (Å²) in [6, 6.07) is 4.46. The van der Waals surface area contributed by atoms with Crippen LogP contribution in [0, 0.1) is 0 Å². The van der Waals surface area contributed by atoms with Crippen LogP contribution < -0.4 is 14.8 Å². The van der Waals surface area contributed by atoms with Gasteiger partial charge in [0.2, 0.25) is 0 Å². The van der Waals surface area contributed by atoms with Crippen molar-refractivity contribution < 1.29 is 50.5 Å². The van der Waals surface area contributed by atoms with Gasteiger partial charge in [-0.3, -0.25) is 9.69 Å². The Balaban J connectivity index is 0.000000934. The number of aromatic nitrogens is 1. The number of carbonyl (C=O) groups excluding carboxylic acids is 4. The van der Waals surface area contributed by atoms with Crippen LogP contribution in [0.2, 0.25) is 0 Å². The van der Waals surface area contributed by atoms with E-state index >= 15 is 0 Å². The number of alkyl carbamates (subject to hydrolysis) is 1. The lowest BCUT2D eigenvalue weighted by molar-refractivity contribution is -0.658. The lowest BCUT2D eigenvalue weighted by Gasteiger charge is -2.50. The minimum atomic E-state index is -6.00. The second-order valence-corrected chi connectivity index (χ2v) is 12.4. The molecule has 43 heavy (non-hydrogen) atoms. The van der Waals surface area contributed by atoms with Crippen LogP contribution in [-0.4, -0.2) is 65.9 Å². The average molecular weight is 612 g/mol. The first-order valence-corrected chi connectivity index (χ1v) is 13.8. The van der Waals surface area contributed by atoms with Gasteiger partial charge in [-0.1, -0.05) is 6.07 Å². The van der Waals surface area contributed by atoms with Crippen molar-refractivity contribution in [2.24, 2.45) is 7.05 Å². The molecule has 0 unspecified atom stereocenters. The zero-order chi connectivity index (χ0) is 32.5. The van der Waals surface area contributed by atoms with Crippen LogP contribution in [0.15, 0.2) is 47.3 Å². The minimum absolute atomic E-state index is 0.132. The molecule has 0 bridgehead atoms. The molecular formula is C28H37BF4N4O6. The number of halogens is 4. The fourth-order valence-electron chi connectivity index (χ4n) is 4.95. The van der Waals surface area contributed by atoms with E-state index in [2.05, 4.69) is 5.32 Å². The van der Waals surface area contributed by atoms with E-state index in [-0.39, 0.29) is 11.6 Å². The number of pyridine rings is 1. The zero-order valence-electron chi connectivity index (χ0n) is 25.3. The molecule has 3 aliphatic rings. The molecule has 10 nitrogen and oxygen atoms in total. The number of esters is 1. The van der Waals surface area contributed by atoms with Crippen molar-refractivity contribution in [3.05, 3.63) is 47.3 Å². The normalized spacial score (nSPS) is 21.6. The molecule has 2 atom stereocenters. The van der Waals surface area contributed by atoms with E-state index in [1.165, 1.54) is 4.90 Å². The van der Waals surface area contributed by atoms with Gasteiger partial charge in [0.05, 0.1) is 25.8 Å². The van der Waals surface area contributed by atoms with E-state index in [9.17, 15) is 36.4 Å². The number of ether oxygens (including phenoxy) is 2. The van der Waals surface area contributed by atoms with Gasteiger partial charge in [0.25, 0.3) is 11.7 Å². The molecular weight excluding hydrogens is 575 g/mol. The van der Waals surface area contributed by atoms with Gasteiger partial charge in [0, 0.05) is 18.1 Å². The lowest BCUT2D eigenvalue weighted by atomic mass is 9.83. The van der Waals surface area contributed by atoms with E-state index in [0.717, 1.165) is 5.82 Å². The number of aryl methyl sites for hydroxylation is 1. The maximum absolute atomic E-state index is 13.3. The lowest BCUT2D eigenvalue weighted by Crippen LogP contribution is -2.72. The number of rotatable bonds is 4. The van der Waals surface area contributed by atoms with E-state index < -0.39 is 48.5 Å². The van der Waals surface area contributed by atoms with Crippen molar-refractivity contribution >= 4 is 36.9 Å². The Labute approximate surface area is 247 Å². The number of anilines is 1. The maximum atomic E-state index is 13.3. The Bertz CT molecular complexity index is 1340. The molecule has 15 heteroatoms. The number of amides is 3. The van der Waals surface area contributed by atoms with Crippen LogP contribution in [-0.2, 0) is 30.9 Å². The van der Waals surface area contributed by atoms with Crippen molar-refractivity contribution in [2.45, 2.75) is 84.1 Å². The van der Waals surface area contributed by atoms with Gasteiger partial charge in [-0.05, 0) is 72.1 Å². The third kappa shape index (κ3) is 8.80. The van der Waals surface area contributed by atoms with Crippen LogP contribution in [0.25, 0.3) is 0 Å². The molecule has 4 rings (SSSR count). The van der Waals surface area contributed by atoms with Gasteiger partial charge in [-0.2, -0.15) is 4.90 Å². The largest absolute Gasteiger partial charge is 0.673 e. The number of nitrogens with zero attached hydrogens (tertiary/aromatic N) is 3. The second kappa shape index (κ2) is 12.4. The smallest absolute Gasteiger partial charge is 0.455 e. The van der Waals surface area contributed by atoms with E-state index in [4.69, 9.17) is 9.47 Å². The summed E-state index contributed by atoms with van der Waals surface area (Å²) in [5, 5.41) is 2.65. The van der Waals surface area contributed by atoms with Crippen LogP contribution in [0.4, 0.5) is 27.9 Å². The average Bonchev–Trinajstić information content (AvgIpc) is 3.19. The topological polar surface area (TPSA) is 109 Å². The van der Waals surface area contributed by atoms with Crippen LogP contribution in [0.5, 0.6) is 0 Å². The summed E-state index contributed by atoms with van der Waals surface area (Å²) in [5.74, 6) is -0.396. The Morgan fingerprint density at radius 3 is 2.19 bits per heavy atom. The quantitative estimate of drug-likeness (QED) is 0.138.